The number of halogens is 1. The number of piperidine rings is 1. The molecule has 0 bridgehead atoms. The SMILES string of the molecule is C[C@@H]1CCCCN1c1cc(N2CCCC2)nc(NC(=S)NCC2(c3ccc(Cl)cc3)CCCCC2)n1. The molecule has 5 rings (SSSR count). The molecule has 1 aromatic heterocycles. The van der Waals surface area contributed by atoms with E-state index in [9.17, 15) is 0 Å². The molecular formula is C28H39ClN6S. The average molecular weight is 527 g/mol. The van der Waals surface area contributed by atoms with Crippen molar-refractivity contribution in [3.63, 3.8) is 0 Å². The van der Waals surface area contributed by atoms with E-state index < -0.39 is 0 Å². The van der Waals surface area contributed by atoms with Crippen molar-refractivity contribution in [3.05, 3.63) is 40.9 Å². The molecule has 1 aliphatic carbocycles. The quantitative estimate of drug-likeness (QED) is 0.428. The lowest BCUT2D eigenvalue weighted by atomic mass is 9.69. The van der Waals surface area contributed by atoms with Gasteiger partial charge in [-0.25, -0.2) is 0 Å². The first-order valence-electron chi connectivity index (χ1n) is 13.7. The van der Waals surface area contributed by atoms with Gasteiger partial charge in [-0.1, -0.05) is 43.0 Å². The number of nitrogens with one attached hydrogen (secondary N) is 2. The van der Waals surface area contributed by atoms with Gasteiger partial charge in [0.1, 0.15) is 11.6 Å². The Morgan fingerprint density at radius 2 is 1.67 bits per heavy atom. The lowest BCUT2D eigenvalue weighted by Crippen LogP contribution is -2.43. The van der Waals surface area contributed by atoms with Crippen molar-refractivity contribution in [1.29, 1.82) is 0 Å². The summed E-state index contributed by atoms with van der Waals surface area (Å²) in [5.74, 6) is 2.61. The summed E-state index contributed by atoms with van der Waals surface area (Å²) in [7, 11) is 0. The van der Waals surface area contributed by atoms with Gasteiger partial charge in [0.25, 0.3) is 0 Å². The van der Waals surface area contributed by atoms with Gasteiger partial charge in [-0.3, -0.25) is 0 Å². The highest BCUT2D eigenvalue weighted by molar-refractivity contribution is 7.80. The number of aromatic nitrogens is 2. The summed E-state index contributed by atoms with van der Waals surface area (Å²) in [5, 5.41) is 8.24. The van der Waals surface area contributed by atoms with E-state index >= 15 is 0 Å². The Labute approximate surface area is 226 Å². The third-order valence-corrected chi connectivity index (χ3v) is 8.80. The summed E-state index contributed by atoms with van der Waals surface area (Å²) in [6.07, 6.45) is 12.2. The summed E-state index contributed by atoms with van der Waals surface area (Å²) in [5.41, 5.74) is 1.41. The number of hydrogen-bond acceptors (Lipinski definition) is 5. The standard InChI is InChI=1S/C28H39ClN6S/c1-21-9-3-6-18-35(21)25-19-24(34-16-7-8-17-34)31-26(32-25)33-27(36)30-20-28(14-4-2-5-15-28)22-10-12-23(29)13-11-22/h10-13,19,21H,2-9,14-18,20H2,1H3,(H2,30,31,32,33,36)/t21-/m1/s1. The van der Waals surface area contributed by atoms with Crippen LogP contribution in [0.1, 0.15) is 76.7 Å². The van der Waals surface area contributed by atoms with Gasteiger partial charge in [0.2, 0.25) is 5.95 Å². The van der Waals surface area contributed by atoms with Gasteiger partial charge < -0.3 is 20.4 Å². The van der Waals surface area contributed by atoms with E-state index in [1.807, 2.05) is 12.1 Å². The number of thiocarbonyl (C=S) groups is 1. The van der Waals surface area contributed by atoms with Crippen LogP contribution in [0.4, 0.5) is 17.6 Å². The summed E-state index contributed by atoms with van der Waals surface area (Å²) < 4.78 is 0. The highest BCUT2D eigenvalue weighted by Crippen LogP contribution is 2.39. The molecule has 2 N–H and O–H groups in total. The minimum atomic E-state index is 0.0707. The lowest BCUT2D eigenvalue weighted by molar-refractivity contribution is 0.292. The molecule has 1 saturated carbocycles. The number of hydrogen-bond donors (Lipinski definition) is 2. The van der Waals surface area contributed by atoms with Crippen molar-refractivity contribution in [1.82, 2.24) is 15.3 Å². The topological polar surface area (TPSA) is 56.3 Å². The summed E-state index contributed by atoms with van der Waals surface area (Å²) in [4.78, 5) is 14.6. The van der Waals surface area contributed by atoms with E-state index in [0.717, 1.165) is 55.7 Å². The molecule has 1 aromatic carbocycles. The molecule has 3 heterocycles. The maximum Gasteiger partial charge on any atom is 0.232 e. The van der Waals surface area contributed by atoms with Gasteiger partial charge in [-0.15, -0.1) is 0 Å². The fourth-order valence-electron chi connectivity index (χ4n) is 6.17. The van der Waals surface area contributed by atoms with Crippen LogP contribution in [-0.2, 0) is 5.41 Å². The maximum atomic E-state index is 6.18. The number of benzene rings is 1. The van der Waals surface area contributed by atoms with Crippen molar-refractivity contribution < 1.29 is 0 Å². The van der Waals surface area contributed by atoms with Crippen LogP contribution in [0.25, 0.3) is 0 Å². The minimum absolute atomic E-state index is 0.0707. The number of nitrogens with zero attached hydrogens (tertiary/aromatic N) is 4. The Bertz CT molecular complexity index is 1030. The van der Waals surface area contributed by atoms with Crippen LogP contribution in [0.3, 0.4) is 0 Å². The molecule has 6 nitrogen and oxygen atoms in total. The molecule has 3 fully saturated rings. The zero-order valence-electron chi connectivity index (χ0n) is 21.4. The van der Waals surface area contributed by atoms with E-state index in [2.05, 4.69) is 45.6 Å². The van der Waals surface area contributed by atoms with Crippen LogP contribution in [0.5, 0.6) is 0 Å². The molecule has 0 unspecified atom stereocenters. The van der Waals surface area contributed by atoms with Crippen molar-refractivity contribution in [3.8, 4) is 0 Å². The zero-order valence-corrected chi connectivity index (χ0v) is 23.0. The summed E-state index contributed by atoms with van der Waals surface area (Å²) in [6.45, 7) is 6.25. The van der Waals surface area contributed by atoms with Gasteiger partial charge in [0, 0.05) is 48.7 Å². The minimum Gasteiger partial charge on any atom is -0.361 e. The Kier molecular flexibility index (Phi) is 8.16. The first-order chi connectivity index (χ1) is 17.5. The van der Waals surface area contributed by atoms with Crippen molar-refractivity contribution >= 4 is 46.5 Å². The number of rotatable bonds is 6. The summed E-state index contributed by atoms with van der Waals surface area (Å²) in [6, 6.07) is 11.0. The molecule has 2 aromatic rings. The molecule has 2 saturated heterocycles. The molecule has 0 spiro atoms. The van der Waals surface area contributed by atoms with E-state index in [0.29, 0.717) is 17.1 Å². The van der Waals surface area contributed by atoms with Crippen LogP contribution < -0.4 is 20.4 Å². The third kappa shape index (κ3) is 5.88. The second-order valence-corrected chi connectivity index (χ2v) is 11.6. The highest BCUT2D eigenvalue weighted by atomic mass is 35.5. The largest absolute Gasteiger partial charge is 0.361 e. The monoisotopic (exact) mass is 526 g/mol. The molecule has 194 valence electrons. The van der Waals surface area contributed by atoms with E-state index in [-0.39, 0.29) is 5.41 Å². The average Bonchev–Trinajstić information content (AvgIpc) is 3.44. The molecule has 36 heavy (non-hydrogen) atoms. The van der Waals surface area contributed by atoms with Crippen molar-refractivity contribution in [2.24, 2.45) is 0 Å². The zero-order chi connectivity index (χ0) is 25.0. The molecule has 0 radical (unpaired) electrons. The van der Waals surface area contributed by atoms with Crippen molar-refractivity contribution in [2.75, 3.05) is 41.3 Å². The Balaban J connectivity index is 1.32. The molecule has 3 aliphatic rings. The smallest absolute Gasteiger partial charge is 0.232 e. The van der Waals surface area contributed by atoms with Crippen LogP contribution >= 0.6 is 23.8 Å². The van der Waals surface area contributed by atoms with Gasteiger partial charge >= 0.3 is 0 Å². The van der Waals surface area contributed by atoms with Crippen LogP contribution in [-0.4, -0.2) is 47.3 Å². The Morgan fingerprint density at radius 1 is 0.972 bits per heavy atom. The third-order valence-electron chi connectivity index (χ3n) is 8.31. The fraction of sp³-hybridized carbons (Fsp3) is 0.607. The van der Waals surface area contributed by atoms with Gasteiger partial charge in [-0.2, -0.15) is 9.97 Å². The number of anilines is 3. The molecule has 1 atom stereocenters. The predicted molar refractivity (Wildman–Crippen MR) is 155 cm³/mol. The fourth-order valence-corrected chi connectivity index (χ4v) is 6.46. The van der Waals surface area contributed by atoms with Gasteiger partial charge in [0.05, 0.1) is 0 Å². The highest BCUT2D eigenvalue weighted by Gasteiger charge is 2.34. The Hall–Kier alpha value is -2.12. The summed E-state index contributed by atoms with van der Waals surface area (Å²) >= 11 is 12.0. The predicted octanol–water partition coefficient (Wildman–Crippen LogP) is 6.30. The first-order valence-corrected chi connectivity index (χ1v) is 14.5. The van der Waals surface area contributed by atoms with E-state index in [4.69, 9.17) is 33.8 Å². The molecular weight excluding hydrogens is 488 g/mol. The first kappa shape index (κ1) is 25.5. The molecule has 2 aliphatic heterocycles. The maximum absolute atomic E-state index is 6.18. The van der Waals surface area contributed by atoms with E-state index in [1.165, 1.54) is 56.9 Å². The second kappa shape index (κ2) is 11.5. The normalized spacial score (nSPS) is 21.9. The van der Waals surface area contributed by atoms with Crippen molar-refractivity contribution in [2.45, 2.75) is 82.6 Å². The van der Waals surface area contributed by atoms with Gasteiger partial charge in [-0.05, 0) is 81.8 Å². The van der Waals surface area contributed by atoms with Crippen LogP contribution in [0.2, 0.25) is 5.02 Å². The second-order valence-electron chi connectivity index (χ2n) is 10.8. The Morgan fingerprint density at radius 3 is 2.39 bits per heavy atom. The van der Waals surface area contributed by atoms with Gasteiger partial charge in [0.15, 0.2) is 5.11 Å². The lowest BCUT2D eigenvalue weighted by Gasteiger charge is -2.38. The van der Waals surface area contributed by atoms with Crippen LogP contribution in [0.15, 0.2) is 30.3 Å². The van der Waals surface area contributed by atoms with E-state index in [1.54, 1.807) is 0 Å². The molecule has 8 heteroatoms. The molecule has 0 amide bonds. The van der Waals surface area contributed by atoms with Crippen LogP contribution in [0, 0.1) is 0 Å².